The van der Waals surface area contributed by atoms with Crippen LogP contribution < -0.4 is 0 Å². The number of nitrogens with zero attached hydrogens (tertiary/aromatic N) is 3. The van der Waals surface area contributed by atoms with Crippen molar-refractivity contribution in [3.8, 4) is 0 Å². The molecule has 0 unspecified atom stereocenters. The van der Waals surface area contributed by atoms with Gasteiger partial charge in [0, 0.05) is 12.7 Å². The van der Waals surface area contributed by atoms with Crippen molar-refractivity contribution in [3.63, 3.8) is 0 Å². The Morgan fingerprint density at radius 3 is 2.86 bits per heavy atom. The van der Waals surface area contributed by atoms with Crippen molar-refractivity contribution in [3.05, 3.63) is 35.7 Å². The highest BCUT2D eigenvalue weighted by Gasteiger charge is 2.00. The van der Waals surface area contributed by atoms with Crippen LogP contribution in [0.3, 0.4) is 0 Å². The van der Waals surface area contributed by atoms with Crippen molar-refractivity contribution in [1.29, 1.82) is 0 Å². The molecule has 3 heteroatoms. The molecule has 2 aromatic heterocycles. The van der Waals surface area contributed by atoms with Crippen LogP contribution >= 0.6 is 0 Å². The van der Waals surface area contributed by atoms with Gasteiger partial charge >= 0.3 is 0 Å². The number of hydrogen-bond donors (Lipinski definition) is 0. The molecule has 0 aliphatic rings. The van der Waals surface area contributed by atoms with Crippen LogP contribution in [0.25, 0.3) is 5.52 Å². The normalized spacial score (nSPS) is 11.4. The minimum atomic E-state index is 0.953. The van der Waals surface area contributed by atoms with Gasteiger partial charge in [-0.3, -0.25) is 0 Å². The van der Waals surface area contributed by atoms with E-state index in [-0.39, 0.29) is 0 Å². The fourth-order valence-corrected chi connectivity index (χ4v) is 1.61. The monoisotopic (exact) mass is 189 g/mol. The summed E-state index contributed by atoms with van der Waals surface area (Å²) < 4.78 is 1.94. The van der Waals surface area contributed by atoms with Crippen LogP contribution in [0.15, 0.2) is 24.5 Å². The van der Waals surface area contributed by atoms with Crippen molar-refractivity contribution >= 4 is 5.52 Å². The Bertz CT molecular complexity index is 443. The SMILES string of the molecule is Cc1cnn2cc(CN(C)C)ccc12. The summed E-state index contributed by atoms with van der Waals surface area (Å²) in [7, 11) is 4.14. The van der Waals surface area contributed by atoms with Gasteiger partial charge in [0.1, 0.15) is 0 Å². The summed E-state index contributed by atoms with van der Waals surface area (Å²) in [6.07, 6.45) is 3.98. The van der Waals surface area contributed by atoms with Gasteiger partial charge < -0.3 is 4.90 Å². The lowest BCUT2D eigenvalue weighted by molar-refractivity contribution is 0.401. The first-order valence-corrected chi connectivity index (χ1v) is 4.74. The lowest BCUT2D eigenvalue weighted by Crippen LogP contribution is -2.11. The molecule has 0 saturated carbocycles. The van der Waals surface area contributed by atoms with Gasteiger partial charge in [-0.1, -0.05) is 6.07 Å². The zero-order valence-electron chi connectivity index (χ0n) is 8.86. The lowest BCUT2D eigenvalue weighted by Gasteiger charge is -2.09. The quantitative estimate of drug-likeness (QED) is 0.716. The topological polar surface area (TPSA) is 20.5 Å². The number of aromatic nitrogens is 2. The molecule has 0 bridgehead atoms. The number of rotatable bonds is 2. The zero-order valence-corrected chi connectivity index (χ0v) is 8.86. The molecule has 0 amide bonds. The summed E-state index contributed by atoms with van der Waals surface area (Å²) >= 11 is 0. The molecule has 74 valence electrons. The van der Waals surface area contributed by atoms with Gasteiger partial charge in [-0.05, 0) is 38.2 Å². The first-order chi connectivity index (χ1) is 6.66. The predicted octanol–water partition coefficient (Wildman–Crippen LogP) is 1.70. The van der Waals surface area contributed by atoms with Crippen LogP contribution in [0.1, 0.15) is 11.1 Å². The average Bonchev–Trinajstić information content (AvgIpc) is 2.46. The standard InChI is InChI=1S/C11H15N3/c1-9-6-12-14-8-10(7-13(2)3)4-5-11(9)14/h4-6,8H,7H2,1-3H3. The van der Waals surface area contributed by atoms with Crippen LogP contribution in [0, 0.1) is 6.92 Å². The van der Waals surface area contributed by atoms with Gasteiger partial charge in [0.15, 0.2) is 0 Å². The molecule has 0 aliphatic carbocycles. The third kappa shape index (κ3) is 1.63. The summed E-state index contributed by atoms with van der Waals surface area (Å²) in [4.78, 5) is 2.15. The van der Waals surface area contributed by atoms with E-state index in [1.54, 1.807) is 0 Å². The molecular formula is C11H15N3. The Kier molecular flexibility index (Phi) is 2.25. The summed E-state index contributed by atoms with van der Waals surface area (Å²) in [6, 6.07) is 4.28. The van der Waals surface area contributed by atoms with Crippen molar-refractivity contribution in [2.75, 3.05) is 14.1 Å². The second kappa shape index (κ2) is 3.42. The number of pyridine rings is 1. The van der Waals surface area contributed by atoms with Gasteiger partial charge in [-0.25, -0.2) is 4.52 Å². The average molecular weight is 189 g/mol. The van der Waals surface area contributed by atoms with Gasteiger partial charge in [0.25, 0.3) is 0 Å². The number of aryl methyl sites for hydroxylation is 1. The van der Waals surface area contributed by atoms with Crippen molar-refractivity contribution in [1.82, 2.24) is 14.5 Å². The van der Waals surface area contributed by atoms with Crippen molar-refractivity contribution in [2.24, 2.45) is 0 Å². The minimum absolute atomic E-state index is 0.953. The van der Waals surface area contributed by atoms with Crippen molar-refractivity contribution < 1.29 is 0 Å². The van der Waals surface area contributed by atoms with E-state index >= 15 is 0 Å². The first kappa shape index (κ1) is 9.21. The Hall–Kier alpha value is -1.35. The summed E-state index contributed by atoms with van der Waals surface area (Å²) in [6.45, 7) is 3.03. The van der Waals surface area contributed by atoms with Gasteiger partial charge in [-0.2, -0.15) is 5.10 Å². The van der Waals surface area contributed by atoms with E-state index in [1.165, 1.54) is 16.6 Å². The molecule has 0 saturated heterocycles. The Balaban J connectivity index is 2.42. The first-order valence-electron chi connectivity index (χ1n) is 4.74. The van der Waals surface area contributed by atoms with Crippen LogP contribution in [0.5, 0.6) is 0 Å². The zero-order chi connectivity index (χ0) is 10.1. The Morgan fingerprint density at radius 2 is 2.14 bits per heavy atom. The van der Waals surface area contributed by atoms with Crippen LogP contribution in [-0.2, 0) is 6.54 Å². The number of fused-ring (bicyclic) bond motifs is 1. The predicted molar refractivity (Wildman–Crippen MR) is 57.3 cm³/mol. The second-order valence-electron chi connectivity index (χ2n) is 3.93. The molecule has 0 atom stereocenters. The summed E-state index contributed by atoms with van der Waals surface area (Å²) in [5, 5.41) is 4.28. The van der Waals surface area contributed by atoms with E-state index in [9.17, 15) is 0 Å². The van der Waals surface area contributed by atoms with Gasteiger partial charge in [0.2, 0.25) is 0 Å². The highest BCUT2D eigenvalue weighted by Crippen LogP contribution is 2.11. The second-order valence-corrected chi connectivity index (χ2v) is 3.93. The molecular weight excluding hydrogens is 174 g/mol. The maximum atomic E-state index is 4.28. The maximum absolute atomic E-state index is 4.28. The van der Waals surface area contributed by atoms with Crippen LogP contribution in [-0.4, -0.2) is 28.6 Å². The minimum Gasteiger partial charge on any atom is -0.305 e. The molecule has 2 rings (SSSR count). The van der Waals surface area contributed by atoms with E-state index in [1.807, 2.05) is 10.7 Å². The van der Waals surface area contributed by atoms with E-state index in [4.69, 9.17) is 0 Å². The summed E-state index contributed by atoms with van der Waals surface area (Å²) in [5.74, 6) is 0. The molecule has 2 aromatic rings. The molecule has 0 aliphatic heterocycles. The Morgan fingerprint density at radius 1 is 1.36 bits per heavy atom. The molecule has 0 N–H and O–H groups in total. The molecule has 3 nitrogen and oxygen atoms in total. The fourth-order valence-electron chi connectivity index (χ4n) is 1.61. The van der Waals surface area contributed by atoms with E-state index in [2.05, 4.69) is 49.3 Å². The fraction of sp³-hybridized carbons (Fsp3) is 0.364. The van der Waals surface area contributed by atoms with Gasteiger partial charge in [-0.15, -0.1) is 0 Å². The van der Waals surface area contributed by atoms with Crippen LogP contribution in [0.2, 0.25) is 0 Å². The molecule has 0 spiro atoms. The van der Waals surface area contributed by atoms with Crippen molar-refractivity contribution in [2.45, 2.75) is 13.5 Å². The molecule has 0 aromatic carbocycles. The van der Waals surface area contributed by atoms with E-state index in [0.29, 0.717) is 0 Å². The highest BCUT2D eigenvalue weighted by molar-refractivity contribution is 5.53. The highest BCUT2D eigenvalue weighted by atomic mass is 15.2. The molecule has 0 radical (unpaired) electrons. The van der Waals surface area contributed by atoms with Gasteiger partial charge in [0.05, 0.1) is 11.7 Å². The lowest BCUT2D eigenvalue weighted by atomic mass is 10.2. The van der Waals surface area contributed by atoms with E-state index in [0.717, 1.165) is 6.54 Å². The summed E-state index contributed by atoms with van der Waals surface area (Å²) in [5.41, 5.74) is 3.69. The Labute approximate surface area is 84.0 Å². The third-order valence-corrected chi connectivity index (χ3v) is 2.27. The third-order valence-electron chi connectivity index (χ3n) is 2.27. The molecule has 0 fully saturated rings. The molecule has 2 heterocycles. The number of hydrogen-bond acceptors (Lipinski definition) is 2. The largest absolute Gasteiger partial charge is 0.305 e. The van der Waals surface area contributed by atoms with E-state index < -0.39 is 0 Å². The van der Waals surface area contributed by atoms with Crippen LogP contribution in [0.4, 0.5) is 0 Å². The smallest absolute Gasteiger partial charge is 0.0690 e. The maximum Gasteiger partial charge on any atom is 0.0690 e. The molecule has 14 heavy (non-hydrogen) atoms.